The quantitative estimate of drug-likeness (QED) is 0.861. The summed E-state index contributed by atoms with van der Waals surface area (Å²) in [4.78, 5) is 0. The second-order valence-electron chi connectivity index (χ2n) is 5.60. The van der Waals surface area contributed by atoms with Crippen molar-refractivity contribution in [1.82, 2.24) is 0 Å². The van der Waals surface area contributed by atoms with Crippen molar-refractivity contribution in [2.24, 2.45) is 11.1 Å². The van der Waals surface area contributed by atoms with Crippen LogP contribution in [0.25, 0.3) is 0 Å². The fourth-order valence-corrected chi connectivity index (χ4v) is 1.93. The normalized spacial score (nSPS) is 13.8. The zero-order valence-electron chi connectivity index (χ0n) is 10.8. The van der Waals surface area contributed by atoms with Crippen molar-refractivity contribution < 1.29 is 4.39 Å². The summed E-state index contributed by atoms with van der Waals surface area (Å²) in [6.07, 6.45) is 2.78. The first kappa shape index (κ1) is 14.5. The van der Waals surface area contributed by atoms with E-state index < -0.39 is 0 Å². The Morgan fingerprint density at radius 3 is 2.53 bits per heavy atom. The molecule has 96 valence electrons. The van der Waals surface area contributed by atoms with Crippen LogP contribution in [0.4, 0.5) is 4.39 Å². The van der Waals surface area contributed by atoms with Crippen molar-refractivity contribution >= 4 is 11.6 Å². The van der Waals surface area contributed by atoms with E-state index in [9.17, 15) is 4.39 Å². The van der Waals surface area contributed by atoms with E-state index in [4.69, 9.17) is 17.3 Å². The van der Waals surface area contributed by atoms with E-state index in [1.165, 1.54) is 12.1 Å². The molecule has 3 heteroatoms. The Morgan fingerprint density at radius 2 is 2.00 bits per heavy atom. The number of benzene rings is 1. The van der Waals surface area contributed by atoms with Crippen LogP contribution >= 0.6 is 11.6 Å². The molecule has 1 unspecified atom stereocenters. The summed E-state index contributed by atoms with van der Waals surface area (Å²) in [7, 11) is 0. The van der Waals surface area contributed by atoms with Gasteiger partial charge in [-0.1, -0.05) is 38.4 Å². The molecule has 17 heavy (non-hydrogen) atoms. The van der Waals surface area contributed by atoms with Gasteiger partial charge in [0.15, 0.2) is 0 Å². The molecule has 0 aromatic heterocycles. The number of aryl methyl sites for hydroxylation is 1. The van der Waals surface area contributed by atoms with Crippen molar-refractivity contribution in [1.29, 1.82) is 0 Å². The Kier molecular flexibility index (Phi) is 4.96. The van der Waals surface area contributed by atoms with E-state index in [1.807, 2.05) is 0 Å². The molecule has 1 aromatic rings. The molecule has 1 rings (SSSR count). The van der Waals surface area contributed by atoms with E-state index in [0.29, 0.717) is 5.02 Å². The topological polar surface area (TPSA) is 26.0 Å². The summed E-state index contributed by atoms with van der Waals surface area (Å²) in [5.74, 6) is -0.287. The first-order valence-corrected chi connectivity index (χ1v) is 6.38. The lowest BCUT2D eigenvalue weighted by Crippen LogP contribution is -2.34. The molecule has 1 aromatic carbocycles. The number of halogens is 2. The minimum Gasteiger partial charge on any atom is -0.327 e. The van der Waals surface area contributed by atoms with Gasteiger partial charge in [-0.15, -0.1) is 0 Å². The molecule has 0 spiro atoms. The average Bonchev–Trinajstić information content (AvgIpc) is 2.19. The molecule has 2 N–H and O–H groups in total. The Labute approximate surface area is 108 Å². The number of nitrogens with two attached hydrogens (primary N) is 1. The summed E-state index contributed by atoms with van der Waals surface area (Å²) in [6, 6.07) is 4.74. The standard InChI is InChI=1S/C14H21ClFN/c1-14(2,3)13(17)6-4-5-10-7-8-11(16)9-12(10)15/h7-9,13H,4-6,17H2,1-3H3. The third-order valence-corrected chi connectivity index (χ3v) is 3.44. The van der Waals surface area contributed by atoms with Gasteiger partial charge in [0.2, 0.25) is 0 Å². The van der Waals surface area contributed by atoms with Gasteiger partial charge in [0, 0.05) is 11.1 Å². The first-order valence-electron chi connectivity index (χ1n) is 6.00. The SMILES string of the molecule is CC(C)(C)C(N)CCCc1ccc(F)cc1Cl. The highest BCUT2D eigenvalue weighted by Gasteiger charge is 2.19. The molecule has 0 aliphatic rings. The molecule has 1 atom stereocenters. The Morgan fingerprint density at radius 1 is 1.35 bits per heavy atom. The molecule has 0 aliphatic heterocycles. The van der Waals surface area contributed by atoms with Crippen molar-refractivity contribution in [3.05, 3.63) is 34.6 Å². The van der Waals surface area contributed by atoms with E-state index >= 15 is 0 Å². The van der Waals surface area contributed by atoms with Crippen LogP contribution in [0.15, 0.2) is 18.2 Å². The second kappa shape index (κ2) is 5.83. The van der Waals surface area contributed by atoms with Crippen LogP contribution in [-0.4, -0.2) is 6.04 Å². The fourth-order valence-electron chi connectivity index (χ4n) is 1.67. The average molecular weight is 258 g/mol. The van der Waals surface area contributed by atoms with Gasteiger partial charge in [0.25, 0.3) is 0 Å². The zero-order valence-corrected chi connectivity index (χ0v) is 11.5. The molecule has 0 aliphatic carbocycles. The lowest BCUT2D eigenvalue weighted by Gasteiger charge is -2.27. The van der Waals surface area contributed by atoms with Gasteiger partial charge in [-0.2, -0.15) is 0 Å². The van der Waals surface area contributed by atoms with Crippen molar-refractivity contribution in [2.45, 2.75) is 46.1 Å². The highest BCUT2D eigenvalue weighted by molar-refractivity contribution is 6.31. The Hall–Kier alpha value is -0.600. The lowest BCUT2D eigenvalue weighted by atomic mass is 9.84. The molecule has 0 saturated heterocycles. The third-order valence-electron chi connectivity index (χ3n) is 3.09. The van der Waals surface area contributed by atoms with Crippen LogP contribution in [0.1, 0.15) is 39.2 Å². The maximum absolute atomic E-state index is 12.8. The maximum atomic E-state index is 12.8. The largest absolute Gasteiger partial charge is 0.327 e. The summed E-state index contributed by atoms with van der Waals surface area (Å²) < 4.78 is 12.8. The van der Waals surface area contributed by atoms with Crippen LogP contribution in [0.5, 0.6) is 0 Å². The van der Waals surface area contributed by atoms with Crippen molar-refractivity contribution in [3.8, 4) is 0 Å². The smallest absolute Gasteiger partial charge is 0.124 e. The molecular formula is C14H21ClFN. The fraction of sp³-hybridized carbons (Fsp3) is 0.571. The van der Waals surface area contributed by atoms with Crippen LogP contribution < -0.4 is 5.73 Å². The van der Waals surface area contributed by atoms with Gasteiger partial charge >= 0.3 is 0 Å². The van der Waals surface area contributed by atoms with Gasteiger partial charge < -0.3 is 5.73 Å². The number of hydrogen-bond acceptors (Lipinski definition) is 1. The lowest BCUT2D eigenvalue weighted by molar-refractivity contribution is 0.301. The molecule has 0 saturated carbocycles. The maximum Gasteiger partial charge on any atom is 0.124 e. The van der Waals surface area contributed by atoms with Gasteiger partial charge in [-0.05, 0) is 42.4 Å². The monoisotopic (exact) mass is 257 g/mol. The third kappa shape index (κ3) is 4.64. The van der Waals surface area contributed by atoms with E-state index in [0.717, 1.165) is 24.8 Å². The molecular weight excluding hydrogens is 237 g/mol. The van der Waals surface area contributed by atoms with E-state index in [2.05, 4.69) is 20.8 Å². The molecule has 0 fully saturated rings. The minimum absolute atomic E-state index is 0.132. The summed E-state index contributed by atoms with van der Waals surface area (Å²) in [5.41, 5.74) is 7.21. The summed E-state index contributed by atoms with van der Waals surface area (Å²) >= 11 is 5.96. The van der Waals surface area contributed by atoms with Gasteiger partial charge in [0.05, 0.1) is 0 Å². The van der Waals surface area contributed by atoms with Gasteiger partial charge in [0.1, 0.15) is 5.82 Å². The van der Waals surface area contributed by atoms with Crippen LogP contribution in [0, 0.1) is 11.2 Å². The molecule has 0 radical (unpaired) electrons. The van der Waals surface area contributed by atoms with Crippen molar-refractivity contribution in [3.63, 3.8) is 0 Å². The highest BCUT2D eigenvalue weighted by atomic mass is 35.5. The molecule has 0 amide bonds. The predicted octanol–water partition coefficient (Wildman–Crippen LogP) is 4.18. The van der Waals surface area contributed by atoms with Crippen LogP contribution in [-0.2, 0) is 6.42 Å². The predicted molar refractivity (Wildman–Crippen MR) is 71.8 cm³/mol. The Bertz CT molecular complexity index is 371. The van der Waals surface area contributed by atoms with Crippen LogP contribution in [0.3, 0.4) is 0 Å². The first-order chi connectivity index (χ1) is 7.80. The highest BCUT2D eigenvalue weighted by Crippen LogP contribution is 2.23. The summed E-state index contributed by atoms with van der Waals surface area (Å²) in [5, 5.41) is 0.509. The molecule has 0 heterocycles. The summed E-state index contributed by atoms with van der Waals surface area (Å²) in [6.45, 7) is 6.42. The zero-order chi connectivity index (χ0) is 13.1. The van der Waals surface area contributed by atoms with Crippen LogP contribution in [0.2, 0.25) is 5.02 Å². The Balaban J connectivity index is 2.46. The molecule has 0 bridgehead atoms. The van der Waals surface area contributed by atoms with Crippen molar-refractivity contribution in [2.75, 3.05) is 0 Å². The van der Waals surface area contributed by atoms with Gasteiger partial charge in [-0.3, -0.25) is 0 Å². The number of hydrogen-bond donors (Lipinski definition) is 1. The minimum atomic E-state index is -0.287. The van der Waals surface area contributed by atoms with E-state index in [-0.39, 0.29) is 17.3 Å². The van der Waals surface area contributed by atoms with Gasteiger partial charge in [-0.25, -0.2) is 4.39 Å². The molecule has 1 nitrogen and oxygen atoms in total. The van der Waals surface area contributed by atoms with E-state index in [1.54, 1.807) is 6.07 Å². The second-order valence-corrected chi connectivity index (χ2v) is 6.01. The number of rotatable bonds is 4.